The van der Waals surface area contributed by atoms with Gasteiger partial charge in [-0.25, -0.2) is 0 Å². The number of alkyl halides is 3. The summed E-state index contributed by atoms with van der Waals surface area (Å²) in [6.07, 6.45) is -2.43. The van der Waals surface area contributed by atoms with Gasteiger partial charge >= 0.3 is 6.18 Å². The molecule has 2 atom stereocenters. The SMILES string of the molecule is CC(N)CC(C)COc1ccc(-c2ccnc3c2C(=O)N(C)C3)cc1C(F)(F)F. The molecule has 1 aliphatic rings. The van der Waals surface area contributed by atoms with Crippen molar-refractivity contribution in [1.29, 1.82) is 0 Å². The molecule has 156 valence electrons. The average molecular weight is 407 g/mol. The van der Waals surface area contributed by atoms with Gasteiger partial charge in [0.05, 0.1) is 30.0 Å². The van der Waals surface area contributed by atoms with Gasteiger partial charge in [-0.05, 0) is 48.6 Å². The molecule has 3 rings (SSSR count). The van der Waals surface area contributed by atoms with E-state index in [0.717, 1.165) is 6.07 Å². The number of amides is 1. The monoisotopic (exact) mass is 407 g/mol. The van der Waals surface area contributed by atoms with Crippen LogP contribution in [0.15, 0.2) is 30.5 Å². The van der Waals surface area contributed by atoms with E-state index in [1.807, 2.05) is 13.8 Å². The lowest BCUT2D eigenvalue weighted by molar-refractivity contribution is -0.139. The van der Waals surface area contributed by atoms with Gasteiger partial charge in [0, 0.05) is 19.3 Å². The Morgan fingerprint density at radius 2 is 2.00 bits per heavy atom. The van der Waals surface area contributed by atoms with Crippen molar-refractivity contribution in [3.05, 3.63) is 47.3 Å². The van der Waals surface area contributed by atoms with Gasteiger partial charge in [-0.1, -0.05) is 13.0 Å². The van der Waals surface area contributed by atoms with Crippen molar-refractivity contribution in [2.24, 2.45) is 11.7 Å². The van der Waals surface area contributed by atoms with E-state index in [4.69, 9.17) is 10.5 Å². The van der Waals surface area contributed by atoms with Gasteiger partial charge in [0.15, 0.2) is 0 Å². The predicted molar refractivity (Wildman–Crippen MR) is 103 cm³/mol. The van der Waals surface area contributed by atoms with Gasteiger partial charge in [-0.15, -0.1) is 0 Å². The molecule has 0 fully saturated rings. The summed E-state index contributed by atoms with van der Waals surface area (Å²) in [7, 11) is 1.63. The van der Waals surface area contributed by atoms with Gasteiger partial charge in [-0.3, -0.25) is 9.78 Å². The van der Waals surface area contributed by atoms with Crippen LogP contribution in [0.5, 0.6) is 5.75 Å². The molecule has 1 aromatic carbocycles. The van der Waals surface area contributed by atoms with Crippen molar-refractivity contribution in [2.45, 2.75) is 39.0 Å². The minimum absolute atomic E-state index is 0.0207. The maximum Gasteiger partial charge on any atom is 0.419 e. The lowest BCUT2D eigenvalue weighted by atomic mass is 9.97. The zero-order valence-corrected chi connectivity index (χ0v) is 16.6. The molecule has 2 heterocycles. The molecule has 1 amide bonds. The van der Waals surface area contributed by atoms with Gasteiger partial charge in [-0.2, -0.15) is 13.2 Å². The first-order chi connectivity index (χ1) is 13.6. The molecule has 0 bridgehead atoms. The quantitative estimate of drug-likeness (QED) is 0.783. The van der Waals surface area contributed by atoms with Gasteiger partial charge in [0.25, 0.3) is 5.91 Å². The highest BCUT2D eigenvalue weighted by atomic mass is 19.4. The predicted octanol–water partition coefficient (Wildman–Crippen LogP) is 4.11. The largest absolute Gasteiger partial charge is 0.493 e. The second-order valence-electron chi connectivity index (χ2n) is 7.68. The van der Waals surface area contributed by atoms with Crippen LogP contribution in [0.2, 0.25) is 0 Å². The smallest absolute Gasteiger partial charge is 0.419 e. The van der Waals surface area contributed by atoms with Crippen LogP contribution in [0.3, 0.4) is 0 Å². The number of nitrogens with zero attached hydrogens (tertiary/aromatic N) is 2. The molecule has 0 saturated heterocycles. The highest BCUT2D eigenvalue weighted by molar-refractivity contribution is 6.03. The number of carbonyl (C=O) groups excluding carboxylic acids is 1. The summed E-state index contributed by atoms with van der Waals surface area (Å²) in [6.45, 7) is 4.20. The average Bonchev–Trinajstić information content (AvgIpc) is 2.93. The normalized spacial score (nSPS) is 16.0. The van der Waals surface area contributed by atoms with Crippen molar-refractivity contribution >= 4 is 5.91 Å². The first kappa shape index (κ1) is 21.1. The summed E-state index contributed by atoms with van der Waals surface area (Å²) in [5.41, 5.74) is 6.52. The number of carbonyl (C=O) groups is 1. The molecule has 8 heteroatoms. The van der Waals surface area contributed by atoms with Gasteiger partial charge in [0.2, 0.25) is 0 Å². The highest BCUT2D eigenvalue weighted by Crippen LogP contribution is 2.40. The molecule has 29 heavy (non-hydrogen) atoms. The maximum atomic E-state index is 13.7. The lowest BCUT2D eigenvalue weighted by Crippen LogP contribution is -2.22. The third kappa shape index (κ3) is 4.53. The minimum Gasteiger partial charge on any atom is -0.493 e. The van der Waals surface area contributed by atoms with Crippen LogP contribution >= 0.6 is 0 Å². The first-order valence-corrected chi connectivity index (χ1v) is 9.41. The molecule has 2 aromatic rings. The summed E-state index contributed by atoms with van der Waals surface area (Å²) >= 11 is 0. The Hall–Kier alpha value is -2.61. The number of hydrogen-bond acceptors (Lipinski definition) is 4. The van der Waals surface area contributed by atoms with Crippen LogP contribution in [0.4, 0.5) is 13.2 Å². The molecular weight excluding hydrogens is 383 g/mol. The Morgan fingerprint density at radius 3 is 2.66 bits per heavy atom. The van der Waals surface area contributed by atoms with E-state index in [2.05, 4.69) is 4.98 Å². The molecule has 1 aromatic heterocycles. The molecule has 0 saturated carbocycles. The van der Waals surface area contributed by atoms with E-state index in [-0.39, 0.29) is 30.2 Å². The minimum atomic E-state index is -4.59. The Morgan fingerprint density at radius 1 is 1.28 bits per heavy atom. The van der Waals surface area contributed by atoms with Gasteiger partial charge in [0.1, 0.15) is 5.75 Å². The fourth-order valence-corrected chi connectivity index (χ4v) is 3.57. The summed E-state index contributed by atoms with van der Waals surface area (Å²) in [6, 6.07) is 5.40. The van der Waals surface area contributed by atoms with E-state index in [1.54, 1.807) is 19.2 Å². The van der Waals surface area contributed by atoms with Crippen LogP contribution in [0.1, 0.15) is 41.9 Å². The first-order valence-electron chi connectivity index (χ1n) is 9.41. The summed E-state index contributed by atoms with van der Waals surface area (Å²) in [5.74, 6) is -0.457. The number of aromatic nitrogens is 1. The fourth-order valence-electron chi connectivity index (χ4n) is 3.57. The van der Waals surface area contributed by atoms with E-state index < -0.39 is 11.7 Å². The number of fused-ring (bicyclic) bond motifs is 1. The number of halogens is 3. The van der Waals surface area contributed by atoms with E-state index in [1.165, 1.54) is 17.2 Å². The molecule has 0 aliphatic carbocycles. The number of rotatable bonds is 6. The molecule has 2 unspecified atom stereocenters. The second-order valence-corrected chi connectivity index (χ2v) is 7.68. The van der Waals surface area contributed by atoms with E-state index in [9.17, 15) is 18.0 Å². The topological polar surface area (TPSA) is 68.5 Å². The Kier molecular flexibility index (Phi) is 5.84. The number of pyridine rings is 1. The highest BCUT2D eigenvalue weighted by Gasteiger charge is 2.36. The third-order valence-electron chi connectivity index (χ3n) is 4.87. The van der Waals surface area contributed by atoms with Crippen molar-refractivity contribution in [1.82, 2.24) is 9.88 Å². The maximum absolute atomic E-state index is 13.7. The van der Waals surface area contributed by atoms with Crippen LogP contribution in [0, 0.1) is 5.92 Å². The van der Waals surface area contributed by atoms with Crippen molar-refractivity contribution in [3.8, 4) is 16.9 Å². The summed E-state index contributed by atoms with van der Waals surface area (Å²) in [4.78, 5) is 18.1. The molecule has 0 radical (unpaired) electrons. The Labute approximate surface area is 167 Å². The molecular formula is C21H24F3N3O2. The molecule has 0 spiro atoms. The van der Waals surface area contributed by atoms with Crippen LogP contribution in [-0.4, -0.2) is 35.5 Å². The fraction of sp³-hybridized carbons (Fsp3) is 0.429. The second kappa shape index (κ2) is 8.02. The summed E-state index contributed by atoms with van der Waals surface area (Å²) in [5, 5.41) is 0. The summed E-state index contributed by atoms with van der Waals surface area (Å²) < 4.78 is 46.6. The molecule has 2 N–H and O–H groups in total. The lowest BCUT2D eigenvalue weighted by Gasteiger charge is -2.19. The Bertz CT molecular complexity index is 913. The van der Waals surface area contributed by atoms with Crippen LogP contribution in [0.25, 0.3) is 11.1 Å². The van der Waals surface area contributed by atoms with Crippen LogP contribution < -0.4 is 10.5 Å². The van der Waals surface area contributed by atoms with Crippen LogP contribution in [-0.2, 0) is 12.7 Å². The number of benzene rings is 1. The zero-order valence-electron chi connectivity index (χ0n) is 16.6. The van der Waals surface area contributed by atoms with Crippen molar-refractivity contribution < 1.29 is 22.7 Å². The Balaban J connectivity index is 1.96. The zero-order chi connectivity index (χ0) is 21.3. The number of ether oxygens (including phenoxy) is 1. The van der Waals surface area contributed by atoms with Gasteiger partial charge < -0.3 is 15.4 Å². The standard InChI is InChI=1S/C21H24F3N3O2/c1-12(8-13(2)25)11-29-18-5-4-14(9-16(18)21(22,23)24)15-6-7-26-17-10-27(3)20(28)19(15)17/h4-7,9,12-13H,8,10-11,25H2,1-3H3. The molecule has 5 nitrogen and oxygen atoms in total. The number of nitrogens with two attached hydrogens (primary N) is 1. The number of hydrogen-bond donors (Lipinski definition) is 1. The van der Waals surface area contributed by atoms with E-state index in [0.29, 0.717) is 35.3 Å². The third-order valence-corrected chi connectivity index (χ3v) is 4.87. The van der Waals surface area contributed by atoms with E-state index >= 15 is 0 Å². The van der Waals surface area contributed by atoms with Crippen molar-refractivity contribution in [3.63, 3.8) is 0 Å². The molecule has 1 aliphatic heterocycles. The van der Waals surface area contributed by atoms with Crippen molar-refractivity contribution in [2.75, 3.05) is 13.7 Å².